The van der Waals surface area contributed by atoms with Gasteiger partial charge < -0.3 is 20.1 Å². The molecule has 0 bridgehead atoms. The number of aryl methyl sites for hydroxylation is 2. The second kappa shape index (κ2) is 13.7. The van der Waals surface area contributed by atoms with Gasteiger partial charge in [-0.05, 0) is 40.0 Å². The summed E-state index contributed by atoms with van der Waals surface area (Å²) in [5.74, 6) is 0.867. The number of thiazole rings is 1. The van der Waals surface area contributed by atoms with E-state index in [4.69, 9.17) is 9.47 Å². The molecule has 1 fully saturated rings. The van der Waals surface area contributed by atoms with Crippen molar-refractivity contribution >= 4 is 41.3 Å². The SMILES string of the molecule is CCNC(=NCCCOCC1CCCO1)NCCc1nc(C)c(C)s1.I. The van der Waals surface area contributed by atoms with Crippen molar-refractivity contribution in [1.82, 2.24) is 15.6 Å². The first-order valence-electron chi connectivity index (χ1n) is 9.33. The Morgan fingerprint density at radius 1 is 1.38 bits per heavy atom. The van der Waals surface area contributed by atoms with Crippen molar-refractivity contribution < 1.29 is 9.47 Å². The molecule has 0 radical (unpaired) electrons. The molecule has 1 aromatic heterocycles. The van der Waals surface area contributed by atoms with Crippen LogP contribution in [0.25, 0.3) is 0 Å². The van der Waals surface area contributed by atoms with Gasteiger partial charge in [0.15, 0.2) is 5.96 Å². The van der Waals surface area contributed by atoms with E-state index >= 15 is 0 Å². The number of aliphatic imine (C=N–C) groups is 1. The van der Waals surface area contributed by atoms with Gasteiger partial charge in [0, 0.05) is 44.1 Å². The minimum Gasteiger partial charge on any atom is -0.379 e. The van der Waals surface area contributed by atoms with Crippen molar-refractivity contribution in [1.29, 1.82) is 0 Å². The number of nitrogens with one attached hydrogen (secondary N) is 2. The fourth-order valence-corrected chi connectivity index (χ4v) is 3.56. The molecule has 0 aliphatic carbocycles. The summed E-state index contributed by atoms with van der Waals surface area (Å²) in [7, 11) is 0. The van der Waals surface area contributed by atoms with Crippen LogP contribution < -0.4 is 10.6 Å². The molecule has 1 unspecified atom stereocenters. The largest absolute Gasteiger partial charge is 0.379 e. The molecule has 2 rings (SSSR count). The van der Waals surface area contributed by atoms with Crippen LogP contribution >= 0.6 is 35.3 Å². The van der Waals surface area contributed by atoms with Crippen molar-refractivity contribution in [2.75, 3.05) is 39.5 Å². The normalized spacial score (nSPS) is 17.2. The molecule has 2 N–H and O–H groups in total. The molecule has 1 aliphatic rings. The second-order valence-electron chi connectivity index (χ2n) is 6.25. The zero-order chi connectivity index (χ0) is 17.9. The topological polar surface area (TPSA) is 67.8 Å². The molecule has 8 heteroatoms. The lowest BCUT2D eigenvalue weighted by molar-refractivity contribution is 0.0171. The summed E-state index contributed by atoms with van der Waals surface area (Å²) < 4.78 is 11.2. The minimum absolute atomic E-state index is 0. The molecule has 150 valence electrons. The summed E-state index contributed by atoms with van der Waals surface area (Å²) in [4.78, 5) is 10.5. The van der Waals surface area contributed by atoms with Gasteiger partial charge in [-0.25, -0.2) is 4.98 Å². The third kappa shape index (κ3) is 8.96. The number of nitrogens with zero attached hydrogens (tertiary/aromatic N) is 2. The molecule has 1 aromatic rings. The number of guanidine groups is 1. The first-order valence-corrected chi connectivity index (χ1v) is 10.1. The molecule has 0 aromatic carbocycles. The zero-order valence-electron chi connectivity index (χ0n) is 16.2. The highest BCUT2D eigenvalue weighted by atomic mass is 127. The van der Waals surface area contributed by atoms with Gasteiger partial charge in [0.2, 0.25) is 0 Å². The van der Waals surface area contributed by atoms with Gasteiger partial charge in [0.1, 0.15) is 0 Å². The molecule has 26 heavy (non-hydrogen) atoms. The van der Waals surface area contributed by atoms with Gasteiger partial charge in [-0.15, -0.1) is 35.3 Å². The van der Waals surface area contributed by atoms with E-state index in [0.29, 0.717) is 12.7 Å². The van der Waals surface area contributed by atoms with Crippen LogP contribution in [-0.2, 0) is 15.9 Å². The Hall–Kier alpha value is -0.450. The van der Waals surface area contributed by atoms with E-state index in [0.717, 1.165) is 70.2 Å². The molecule has 0 saturated carbocycles. The lowest BCUT2D eigenvalue weighted by atomic mass is 10.2. The Kier molecular flexibility index (Phi) is 12.4. The van der Waals surface area contributed by atoms with Crippen LogP contribution in [0, 0.1) is 13.8 Å². The summed E-state index contributed by atoms with van der Waals surface area (Å²) in [5.41, 5.74) is 1.14. The van der Waals surface area contributed by atoms with Gasteiger partial charge in [0.05, 0.1) is 23.4 Å². The van der Waals surface area contributed by atoms with Crippen molar-refractivity contribution in [2.45, 2.75) is 52.6 Å². The number of rotatable bonds is 10. The fourth-order valence-electron chi connectivity index (χ4n) is 2.62. The average molecular weight is 496 g/mol. The van der Waals surface area contributed by atoms with Gasteiger partial charge in [-0.3, -0.25) is 4.99 Å². The molecule has 1 atom stereocenters. The highest BCUT2D eigenvalue weighted by molar-refractivity contribution is 14.0. The van der Waals surface area contributed by atoms with E-state index in [-0.39, 0.29) is 24.0 Å². The molecule has 1 aliphatic heterocycles. The first kappa shape index (κ1) is 23.6. The van der Waals surface area contributed by atoms with Gasteiger partial charge in [-0.2, -0.15) is 0 Å². The van der Waals surface area contributed by atoms with Crippen LogP contribution in [0.3, 0.4) is 0 Å². The minimum atomic E-state index is 0. The molecule has 6 nitrogen and oxygen atoms in total. The van der Waals surface area contributed by atoms with Crippen molar-refractivity contribution in [2.24, 2.45) is 4.99 Å². The van der Waals surface area contributed by atoms with Crippen LogP contribution in [-0.4, -0.2) is 56.5 Å². The number of halogens is 1. The van der Waals surface area contributed by atoms with E-state index in [1.54, 1.807) is 11.3 Å². The van der Waals surface area contributed by atoms with Crippen LogP contribution in [0.2, 0.25) is 0 Å². The maximum Gasteiger partial charge on any atom is 0.191 e. The Balaban J connectivity index is 0.00000338. The summed E-state index contributed by atoms with van der Waals surface area (Å²) in [5, 5.41) is 7.84. The number of hydrogen-bond acceptors (Lipinski definition) is 5. The van der Waals surface area contributed by atoms with Crippen molar-refractivity contribution in [3.63, 3.8) is 0 Å². The Labute approximate surface area is 178 Å². The monoisotopic (exact) mass is 496 g/mol. The Bertz CT molecular complexity index is 514. The smallest absolute Gasteiger partial charge is 0.191 e. The van der Waals surface area contributed by atoms with Crippen LogP contribution in [0.15, 0.2) is 4.99 Å². The van der Waals surface area contributed by atoms with Crippen molar-refractivity contribution in [3.05, 3.63) is 15.6 Å². The van der Waals surface area contributed by atoms with Gasteiger partial charge in [0.25, 0.3) is 0 Å². The molecule has 0 spiro atoms. The standard InChI is InChI=1S/C18H32N4O2S.HI/c1-4-19-18(21-10-8-17-22-14(2)15(3)25-17)20-9-6-11-23-13-16-7-5-12-24-16;/h16H,4-13H2,1-3H3,(H2,19,20,21);1H. The third-order valence-electron chi connectivity index (χ3n) is 4.09. The fraction of sp³-hybridized carbons (Fsp3) is 0.778. The molecular weight excluding hydrogens is 463 g/mol. The highest BCUT2D eigenvalue weighted by Gasteiger charge is 2.14. The maximum atomic E-state index is 5.67. The van der Waals surface area contributed by atoms with E-state index in [9.17, 15) is 0 Å². The van der Waals surface area contributed by atoms with Crippen LogP contribution in [0.4, 0.5) is 0 Å². The van der Waals surface area contributed by atoms with Gasteiger partial charge in [-0.1, -0.05) is 0 Å². The van der Waals surface area contributed by atoms with E-state index < -0.39 is 0 Å². The molecule has 0 amide bonds. The lowest BCUT2D eigenvalue weighted by Gasteiger charge is -2.11. The van der Waals surface area contributed by atoms with Crippen LogP contribution in [0.1, 0.15) is 41.8 Å². The Morgan fingerprint density at radius 3 is 2.88 bits per heavy atom. The van der Waals surface area contributed by atoms with Gasteiger partial charge >= 0.3 is 0 Å². The quantitative estimate of drug-likeness (QED) is 0.226. The third-order valence-corrected chi connectivity index (χ3v) is 5.23. The lowest BCUT2D eigenvalue weighted by Crippen LogP contribution is -2.38. The highest BCUT2D eigenvalue weighted by Crippen LogP contribution is 2.16. The van der Waals surface area contributed by atoms with E-state index in [1.165, 1.54) is 9.88 Å². The predicted octanol–water partition coefficient (Wildman–Crippen LogP) is 3.06. The second-order valence-corrected chi connectivity index (χ2v) is 7.54. The zero-order valence-corrected chi connectivity index (χ0v) is 19.3. The average Bonchev–Trinajstić information content (AvgIpc) is 3.21. The molecule has 1 saturated heterocycles. The molecule has 2 heterocycles. The Morgan fingerprint density at radius 2 is 2.23 bits per heavy atom. The van der Waals surface area contributed by atoms with Crippen LogP contribution in [0.5, 0.6) is 0 Å². The molecular formula is C18H33IN4O2S. The van der Waals surface area contributed by atoms with E-state index in [2.05, 4.69) is 41.4 Å². The summed E-state index contributed by atoms with van der Waals surface area (Å²) in [6, 6.07) is 0. The summed E-state index contributed by atoms with van der Waals surface area (Å²) in [6.45, 7) is 11.1. The number of aromatic nitrogens is 1. The van der Waals surface area contributed by atoms with Crippen molar-refractivity contribution in [3.8, 4) is 0 Å². The number of ether oxygens (including phenoxy) is 2. The first-order chi connectivity index (χ1) is 12.2. The summed E-state index contributed by atoms with van der Waals surface area (Å²) in [6.07, 6.45) is 4.45. The van der Waals surface area contributed by atoms with E-state index in [1.807, 2.05) is 0 Å². The maximum absolute atomic E-state index is 5.67. The summed E-state index contributed by atoms with van der Waals surface area (Å²) >= 11 is 1.78. The predicted molar refractivity (Wildman–Crippen MR) is 119 cm³/mol. The number of hydrogen-bond donors (Lipinski definition) is 2.